The topological polar surface area (TPSA) is 152 Å². The number of H-pyrrole nitrogens is 1. The number of amides is 1. The Morgan fingerprint density at radius 1 is 1.06 bits per heavy atom. The molecule has 5 rings (SSSR count). The van der Waals surface area contributed by atoms with Crippen LogP contribution in [0.25, 0.3) is 0 Å². The van der Waals surface area contributed by atoms with Gasteiger partial charge in [-0.1, -0.05) is 12.8 Å². The SMILES string of the molecule is O=C(O)[C@H](Cc1cnc[nH]1)NC(=O)[C@H]1OC2(CCCCC2)O[C@H]1[C@H](O)[C@@H]1COC2(CCCCC2)O1. The van der Waals surface area contributed by atoms with Gasteiger partial charge in [0.2, 0.25) is 0 Å². The molecule has 2 saturated heterocycles. The van der Waals surface area contributed by atoms with E-state index in [9.17, 15) is 19.8 Å². The molecule has 0 aromatic carbocycles. The summed E-state index contributed by atoms with van der Waals surface area (Å²) in [4.78, 5) is 32.0. The molecule has 35 heavy (non-hydrogen) atoms. The Morgan fingerprint density at radius 3 is 2.37 bits per heavy atom. The number of rotatable bonds is 7. The minimum absolute atomic E-state index is 0.0368. The maximum atomic E-state index is 13.4. The normalized spacial score (nSPS) is 31.4. The van der Waals surface area contributed by atoms with Gasteiger partial charge < -0.3 is 39.5 Å². The van der Waals surface area contributed by atoms with E-state index in [2.05, 4.69) is 15.3 Å². The van der Waals surface area contributed by atoms with Crippen molar-refractivity contribution < 1.29 is 38.7 Å². The van der Waals surface area contributed by atoms with E-state index in [1.54, 1.807) is 0 Å². The third-order valence-corrected chi connectivity index (χ3v) is 7.67. The Labute approximate surface area is 203 Å². The van der Waals surface area contributed by atoms with Gasteiger partial charge >= 0.3 is 5.97 Å². The minimum Gasteiger partial charge on any atom is -0.480 e. The highest BCUT2D eigenvalue weighted by Crippen LogP contribution is 2.44. The predicted octanol–water partition coefficient (Wildman–Crippen LogP) is 1.40. The molecule has 0 bridgehead atoms. The lowest BCUT2D eigenvalue weighted by Gasteiger charge is -2.34. The van der Waals surface area contributed by atoms with Gasteiger partial charge in [-0.2, -0.15) is 0 Å². The van der Waals surface area contributed by atoms with Crippen LogP contribution in [0.2, 0.25) is 0 Å². The molecule has 0 radical (unpaired) electrons. The first-order valence-electron chi connectivity index (χ1n) is 12.7. The Kier molecular flexibility index (Phi) is 7.13. The van der Waals surface area contributed by atoms with Crippen molar-refractivity contribution in [2.24, 2.45) is 0 Å². The second-order valence-electron chi connectivity index (χ2n) is 10.2. The average Bonchev–Trinajstić information content (AvgIpc) is 3.59. The van der Waals surface area contributed by atoms with Gasteiger partial charge in [0.1, 0.15) is 24.4 Å². The van der Waals surface area contributed by atoms with Gasteiger partial charge in [-0.3, -0.25) is 4.79 Å². The van der Waals surface area contributed by atoms with Gasteiger partial charge in [0, 0.05) is 44.0 Å². The molecule has 11 nitrogen and oxygen atoms in total. The Morgan fingerprint density at radius 2 is 1.74 bits per heavy atom. The van der Waals surface area contributed by atoms with E-state index in [0.29, 0.717) is 18.5 Å². The number of aromatic nitrogens is 2. The maximum absolute atomic E-state index is 13.4. The smallest absolute Gasteiger partial charge is 0.326 e. The van der Waals surface area contributed by atoms with E-state index < -0.39 is 53.9 Å². The Hall–Kier alpha value is -2.05. The van der Waals surface area contributed by atoms with Gasteiger partial charge in [0.25, 0.3) is 5.91 Å². The van der Waals surface area contributed by atoms with Crippen LogP contribution in [-0.4, -0.2) is 80.7 Å². The molecule has 2 spiro atoms. The zero-order chi connectivity index (χ0) is 24.5. The molecule has 11 heteroatoms. The van der Waals surface area contributed by atoms with Gasteiger partial charge in [-0.15, -0.1) is 0 Å². The van der Waals surface area contributed by atoms with Crippen molar-refractivity contribution >= 4 is 11.9 Å². The van der Waals surface area contributed by atoms with Gasteiger partial charge in [0.05, 0.1) is 12.9 Å². The summed E-state index contributed by atoms with van der Waals surface area (Å²) in [5.74, 6) is -3.45. The van der Waals surface area contributed by atoms with Crippen LogP contribution in [0.5, 0.6) is 0 Å². The van der Waals surface area contributed by atoms with Crippen LogP contribution < -0.4 is 5.32 Å². The fourth-order valence-corrected chi connectivity index (χ4v) is 5.79. The summed E-state index contributed by atoms with van der Waals surface area (Å²) in [5, 5.41) is 23.6. The molecule has 3 heterocycles. The van der Waals surface area contributed by atoms with E-state index >= 15 is 0 Å². The number of nitrogens with zero attached hydrogens (tertiary/aromatic N) is 1. The molecule has 2 aliphatic carbocycles. The number of carboxylic acids is 1. The molecule has 4 fully saturated rings. The largest absolute Gasteiger partial charge is 0.480 e. The molecule has 1 amide bonds. The summed E-state index contributed by atoms with van der Waals surface area (Å²) in [6.45, 7) is 0.208. The predicted molar refractivity (Wildman–Crippen MR) is 120 cm³/mol. The third kappa shape index (κ3) is 5.24. The summed E-state index contributed by atoms with van der Waals surface area (Å²) in [6, 6.07) is -1.19. The lowest BCUT2D eigenvalue weighted by molar-refractivity contribution is -0.217. The van der Waals surface area contributed by atoms with Crippen molar-refractivity contribution in [3.63, 3.8) is 0 Å². The summed E-state index contributed by atoms with van der Waals surface area (Å²) < 4.78 is 24.7. The number of ether oxygens (including phenoxy) is 4. The summed E-state index contributed by atoms with van der Waals surface area (Å²) in [5.41, 5.74) is 0.580. The zero-order valence-corrected chi connectivity index (χ0v) is 19.8. The summed E-state index contributed by atoms with van der Waals surface area (Å²) >= 11 is 0. The van der Waals surface area contributed by atoms with Gasteiger partial charge in [0.15, 0.2) is 17.7 Å². The second kappa shape index (κ2) is 10.1. The van der Waals surface area contributed by atoms with Crippen LogP contribution in [0.3, 0.4) is 0 Å². The number of nitrogens with one attached hydrogen (secondary N) is 2. The van der Waals surface area contributed by atoms with Crippen molar-refractivity contribution in [2.45, 2.75) is 113 Å². The van der Waals surface area contributed by atoms with Gasteiger partial charge in [-0.25, -0.2) is 9.78 Å². The zero-order valence-electron chi connectivity index (χ0n) is 19.8. The minimum atomic E-state index is -1.19. The lowest BCUT2D eigenvalue weighted by atomic mass is 9.94. The fourth-order valence-electron chi connectivity index (χ4n) is 5.79. The van der Waals surface area contributed by atoms with E-state index in [1.807, 2.05) is 0 Å². The van der Waals surface area contributed by atoms with Crippen LogP contribution in [-0.2, 0) is 35.0 Å². The first kappa shape index (κ1) is 24.6. The molecule has 5 atom stereocenters. The second-order valence-corrected chi connectivity index (χ2v) is 10.2. The fraction of sp³-hybridized carbons (Fsp3) is 0.792. The lowest BCUT2D eigenvalue weighted by Crippen LogP contribution is -2.53. The molecule has 2 saturated carbocycles. The standard InChI is InChI=1S/C24H35N3O8/c28-18(17-13-32-23(33-17)7-3-1-4-8-23)19-20(35-24(34-19)9-5-2-6-10-24)21(29)27-16(22(30)31)11-15-12-25-14-26-15/h12,14,16-20,28H,1-11,13H2,(H,25,26)(H,27,29)(H,30,31)/t16-,17-,18+,19-,20-/m0/s1. The Bertz CT molecular complexity index is 881. The molecule has 4 aliphatic rings. The number of hydrogen-bond acceptors (Lipinski definition) is 8. The van der Waals surface area contributed by atoms with Crippen LogP contribution in [0.1, 0.15) is 69.9 Å². The average molecular weight is 494 g/mol. The van der Waals surface area contributed by atoms with E-state index in [-0.39, 0.29) is 13.0 Å². The quantitative estimate of drug-likeness (QED) is 0.442. The number of carboxylic acid groups (broad SMARTS) is 1. The first-order chi connectivity index (χ1) is 16.9. The molecule has 2 aliphatic heterocycles. The van der Waals surface area contributed by atoms with Crippen LogP contribution in [0, 0.1) is 0 Å². The van der Waals surface area contributed by atoms with E-state index in [4.69, 9.17) is 18.9 Å². The molecule has 1 aromatic rings. The van der Waals surface area contributed by atoms with Crippen molar-refractivity contribution in [1.82, 2.24) is 15.3 Å². The molecule has 4 N–H and O–H groups in total. The molecule has 0 unspecified atom stereocenters. The third-order valence-electron chi connectivity index (χ3n) is 7.67. The van der Waals surface area contributed by atoms with Crippen molar-refractivity contribution in [3.8, 4) is 0 Å². The maximum Gasteiger partial charge on any atom is 0.326 e. The first-order valence-corrected chi connectivity index (χ1v) is 12.7. The van der Waals surface area contributed by atoms with Gasteiger partial charge in [-0.05, 0) is 25.7 Å². The molecule has 1 aromatic heterocycles. The summed E-state index contributed by atoms with van der Waals surface area (Å²) in [6.07, 6.45) is 7.77. The molecule has 194 valence electrons. The molecular formula is C24H35N3O8. The molecular weight excluding hydrogens is 458 g/mol. The van der Waals surface area contributed by atoms with Crippen LogP contribution >= 0.6 is 0 Å². The Balaban J connectivity index is 1.31. The number of aliphatic carboxylic acids is 1. The number of aromatic amines is 1. The van der Waals surface area contributed by atoms with Crippen LogP contribution in [0.4, 0.5) is 0 Å². The number of carbonyl (C=O) groups excluding carboxylic acids is 1. The number of aliphatic hydroxyl groups excluding tert-OH is 1. The highest BCUT2D eigenvalue weighted by Gasteiger charge is 2.56. The monoisotopic (exact) mass is 493 g/mol. The van der Waals surface area contributed by atoms with Crippen molar-refractivity contribution in [1.29, 1.82) is 0 Å². The van der Waals surface area contributed by atoms with Crippen LogP contribution in [0.15, 0.2) is 12.5 Å². The van der Waals surface area contributed by atoms with E-state index in [0.717, 1.165) is 51.4 Å². The highest BCUT2D eigenvalue weighted by atomic mass is 16.8. The van der Waals surface area contributed by atoms with Crippen molar-refractivity contribution in [2.75, 3.05) is 6.61 Å². The van der Waals surface area contributed by atoms with E-state index in [1.165, 1.54) is 12.5 Å². The summed E-state index contributed by atoms with van der Waals surface area (Å²) in [7, 11) is 0. The number of imidazole rings is 1. The highest BCUT2D eigenvalue weighted by molar-refractivity contribution is 5.87. The number of aliphatic hydroxyl groups is 1. The number of carbonyl (C=O) groups is 2. The number of hydrogen-bond donors (Lipinski definition) is 4. The van der Waals surface area contributed by atoms with Crippen molar-refractivity contribution in [3.05, 3.63) is 18.2 Å².